The third-order valence-electron chi connectivity index (χ3n) is 4.97. The number of nitrogens with one attached hydrogen (secondary N) is 1. The molecule has 38 heavy (non-hydrogen) atoms. The second-order valence-corrected chi connectivity index (χ2v) is 7.81. The number of carbonyl (C=O) groups is 6. The zero-order valence-corrected chi connectivity index (χ0v) is 21.2. The molecule has 2 amide bonds. The Kier molecular flexibility index (Phi) is 10.4. The van der Waals surface area contributed by atoms with E-state index in [1.165, 1.54) is 25.2 Å². The normalized spacial score (nSPS) is 22.3. The van der Waals surface area contributed by atoms with Crippen LogP contribution in [-0.4, -0.2) is 80.7 Å². The highest BCUT2D eigenvalue weighted by Gasteiger charge is 2.56. The van der Waals surface area contributed by atoms with E-state index >= 15 is 0 Å². The Hall–Kier alpha value is -4.40. The Morgan fingerprint density at radius 1 is 0.921 bits per heavy atom. The molecule has 2 rings (SSSR count). The Balaban J connectivity index is 2.58. The molecule has 0 saturated carbocycles. The van der Waals surface area contributed by atoms with E-state index in [-0.39, 0.29) is 17.9 Å². The lowest BCUT2D eigenvalue weighted by Crippen LogP contribution is -2.64. The first-order valence-electron chi connectivity index (χ1n) is 11.1. The molecule has 1 aliphatic rings. The number of rotatable bonds is 9. The largest absolute Gasteiger partial charge is 0.467 e. The van der Waals surface area contributed by atoms with E-state index in [0.717, 1.165) is 27.9 Å². The SMILES string of the molecule is CNC(=O)c1cc(COC(N)=O)ccc1O[C@@H]1O[C@H](C(=O)OC)[C@@H](OC(C)=O)[C@H](OC(C)=O)[C@H]1OC(C)=O. The highest BCUT2D eigenvalue weighted by molar-refractivity contribution is 5.97. The van der Waals surface area contributed by atoms with Crippen LogP contribution in [0.2, 0.25) is 0 Å². The zero-order chi connectivity index (χ0) is 28.6. The predicted molar refractivity (Wildman–Crippen MR) is 122 cm³/mol. The third kappa shape index (κ3) is 7.80. The molecule has 0 aliphatic carbocycles. The molecule has 0 spiro atoms. The number of nitrogens with two attached hydrogens (primary N) is 1. The highest BCUT2D eigenvalue weighted by atomic mass is 16.7. The summed E-state index contributed by atoms with van der Waals surface area (Å²) in [6.45, 7) is 2.89. The van der Waals surface area contributed by atoms with Crippen LogP contribution in [0.15, 0.2) is 18.2 Å². The fourth-order valence-electron chi connectivity index (χ4n) is 3.54. The van der Waals surface area contributed by atoms with Crippen molar-refractivity contribution in [3.8, 4) is 5.75 Å². The van der Waals surface area contributed by atoms with Gasteiger partial charge >= 0.3 is 30.0 Å². The van der Waals surface area contributed by atoms with Crippen molar-refractivity contribution >= 4 is 35.9 Å². The second-order valence-electron chi connectivity index (χ2n) is 7.81. The number of esters is 4. The third-order valence-corrected chi connectivity index (χ3v) is 4.97. The van der Waals surface area contributed by atoms with Crippen molar-refractivity contribution in [2.24, 2.45) is 5.73 Å². The van der Waals surface area contributed by atoms with E-state index in [0.29, 0.717) is 5.56 Å². The first-order valence-corrected chi connectivity index (χ1v) is 11.1. The number of amides is 2. The van der Waals surface area contributed by atoms with Gasteiger partial charge in [-0.2, -0.15) is 0 Å². The lowest BCUT2D eigenvalue weighted by atomic mass is 9.97. The lowest BCUT2D eigenvalue weighted by Gasteiger charge is -2.43. The highest BCUT2D eigenvalue weighted by Crippen LogP contribution is 2.32. The van der Waals surface area contributed by atoms with Crippen LogP contribution in [0.3, 0.4) is 0 Å². The number of hydrogen-bond donors (Lipinski definition) is 2. The van der Waals surface area contributed by atoms with Crippen molar-refractivity contribution in [2.75, 3.05) is 14.2 Å². The van der Waals surface area contributed by atoms with Crippen LogP contribution in [0, 0.1) is 0 Å². The van der Waals surface area contributed by atoms with Gasteiger partial charge in [-0.05, 0) is 17.7 Å². The van der Waals surface area contributed by atoms with Crippen molar-refractivity contribution in [1.29, 1.82) is 0 Å². The molecule has 1 fully saturated rings. The van der Waals surface area contributed by atoms with E-state index in [4.69, 9.17) is 38.9 Å². The summed E-state index contributed by atoms with van der Waals surface area (Å²) in [5, 5.41) is 2.42. The van der Waals surface area contributed by atoms with E-state index in [9.17, 15) is 28.8 Å². The molecule has 0 aromatic heterocycles. The summed E-state index contributed by atoms with van der Waals surface area (Å²) >= 11 is 0. The number of carbonyl (C=O) groups excluding carboxylic acids is 6. The van der Waals surface area contributed by atoms with Crippen molar-refractivity contribution in [1.82, 2.24) is 5.32 Å². The smallest absolute Gasteiger partial charge is 0.404 e. The maximum Gasteiger partial charge on any atom is 0.404 e. The quantitative estimate of drug-likeness (QED) is 0.306. The lowest BCUT2D eigenvalue weighted by molar-refractivity contribution is -0.282. The minimum Gasteiger partial charge on any atom is -0.467 e. The molecule has 208 valence electrons. The first kappa shape index (κ1) is 29.8. The van der Waals surface area contributed by atoms with Crippen molar-refractivity contribution in [3.63, 3.8) is 0 Å². The zero-order valence-electron chi connectivity index (χ0n) is 21.2. The van der Waals surface area contributed by atoms with Gasteiger partial charge < -0.3 is 44.2 Å². The molecule has 15 heteroatoms. The molecule has 0 radical (unpaired) electrons. The average molecular weight is 540 g/mol. The molecule has 15 nitrogen and oxygen atoms in total. The average Bonchev–Trinajstić information content (AvgIpc) is 2.84. The van der Waals surface area contributed by atoms with Gasteiger partial charge in [-0.3, -0.25) is 19.2 Å². The summed E-state index contributed by atoms with van der Waals surface area (Å²) in [7, 11) is 2.40. The molecule has 5 atom stereocenters. The molecule has 1 saturated heterocycles. The van der Waals surface area contributed by atoms with Crippen LogP contribution in [0.25, 0.3) is 0 Å². The molecule has 0 bridgehead atoms. The summed E-state index contributed by atoms with van der Waals surface area (Å²) in [5.74, 6) is -4.34. The molecular formula is C23H28N2O13. The summed E-state index contributed by atoms with van der Waals surface area (Å²) < 4.78 is 36.8. The second kappa shape index (κ2) is 13.2. The van der Waals surface area contributed by atoms with Gasteiger partial charge in [0.25, 0.3) is 5.91 Å². The Morgan fingerprint density at radius 2 is 1.50 bits per heavy atom. The fraction of sp³-hybridized carbons (Fsp3) is 0.478. The molecule has 1 aromatic carbocycles. The van der Waals surface area contributed by atoms with E-state index in [1.807, 2.05) is 0 Å². The Morgan fingerprint density at radius 3 is 2.03 bits per heavy atom. The van der Waals surface area contributed by atoms with Crippen LogP contribution < -0.4 is 15.8 Å². The van der Waals surface area contributed by atoms with E-state index < -0.39 is 66.6 Å². The summed E-state index contributed by atoms with van der Waals surface area (Å²) in [5.41, 5.74) is 5.29. The van der Waals surface area contributed by atoms with Crippen molar-refractivity contribution in [2.45, 2.75) is 58.1 Å². The van der Waals surface area contributed by atoms with Gasteiger partial charge in [-0.25, -0.2) is 9.59 Å². The first-order chi connectivity index (χ1) is 17.9. The van der Waals surface area contributed by atoms with Gasteiger partial charge in [0.2, 0.25) is 12.4 Å². The van der Waals surface area contributed by atoms with Crippen LogP contribution in [0.5, 0.6) is 5.75 Å². The van der Waals surface area contributed by atoms with Crippen LogP contribution >= 0.6 is 0 Å². The topological polar surface area (TPSA) is 205 Å². The van der Waals surface area contributed by atoms with E-state index in [1.54, 1.807) is 0 Å². The van der Waals surface area contributed by atoms with Gasteiger partial charge in [0.05, 0.1) is 12.7 Å². The van der Waals surface area contributed by atoms with Crippen molar-refractivity contribution < 1.29 is 61.9 Å². The molecule has 1 aliphatic heterocycles. The summed E-state index contributed by atoms with van der Waals surface area (Å²) in [6, 6.07) is 4.10. The number of ether oxygens (including phenoxy) is 7. The summed E-state index contributed by atoms with van der Waals surface area (Å²) in [4.78, 5) is 71.7. The van der Waals surface area contributed by atoms with Gasteiger partial charge in [0.1, 0.15) is 12.4 Å². The number of benzene rings is 1. The standard InChI is InChI=1S/C23H28N2O13/c1-10(26)34-16-17(35-11(2)27)19(36-12(3)28)22(38-18(16)21(30)32-5)37-15-7-6-13(9-33-23(24)31)8-14(15)20(29)25-4/h6-8,16-19,22H,9H2,1-5H3,(H2,24,31)(H,25,29)/t16-,17-,18-,19+,22+/m0/s1. The minimum absolute atomic E-state index is 0.0657. The number of methoxy groups -OCH3 is 1. The molecule has 0 unspecified atom stereocenters. The Labute approximate surface area is 216 Å². The van der Waals surface area contributed by atoms with Gasteiger partial charge in [-0.15, -0.1) is 0 Å². The van der Waals surface area contributed by atoms with E-state index in [2.05, 4.69) is 5.32 Å². The van der Waals surface area contributed by atoms with Gasteiger partial charge in [0.15, 0.2) is 18.3 Å². The van der Waals surface area contributed by atoms with Crippen LogP contribution in [0.4, 0.5) is 4.79 Å². The molecule has 1 aromatic rings. The molecule has 1 heterocycles. The Bertz CT molecular complexity index is 1090. The predicted octanol–water partition coefficient (Wildman–Crippen LogP) is -0.287. The molecular weight excluding hydrogens is 512 g/mol. The molecule has 3 N–H and O–H groups in total. The maximum absolute atomic E-state index is 12.6. The van der Waals surface area contributed by atoms with Crippen LogP contribution in [0.1, 0.15) is 36.7 Å². The van der Waals surface area contributed by atoms with Crippen molar-refractivity contribution in [3.05, 3.63) is 29.3 Å². The maximum atomic E-state index is 12.6. The minimum atomic E-state index is -1.68. The fourth-order valence-corrected chi connectivity index (χ4v) is 3.54. The summed E-state index contributed by atoms with van der Waals surface area (Å²) in [6.07, 6.45) is -9.11. The number of hydrogen-bond acceptors (Lipinski definition) is 13. The number of primary amides is 1. The van der Waals surface area contributed by atoms with Crippen LogP contribution in [-0.2, 0) is 54.2 Å². The monoisotopic (exact) mass is 540 g/mol. The van der Waals surface area contributed by atoms with Gasteiger partial charge in [-0.1, -0.05) is 6.07 Å². The van der Waals surface area contributed by atoms with Gasteiger partial charge in [0, 0.05) is 27.8 Å².